The molecule has 19 heavy (non-hydrogen) atoms. The molecule has 0 spiro atoms. The predicted molar refractivity (Wildman–Crippen MR) is 71.2 cm³/mol. The summed E-state index contributed by atoms with van der Waals surface area (Å²) in [6, 6.07) is 4.15. The van der Waals surface area contributed by atoms with E-state index in [-0.39, 0.29) is 0 Å². The molecule has 4 nitrogen and oxygen atoms in total. The highest BCUT2D eigenvalue weighted by Crippen LogP contribution is 2.29. The van der Waals surface area contributed by atoms with Gasteiger partial charge in [-0.05, 0) is 43.9 Å². The molecule has 0 aromatic heterocycles. The second-order valence-corrected chi connectivity index (χ2v) is 4.99. The summed E-state index contributed by atoms with van der Waals surface area (Å²) >= 11 is 0. The van der Waals surface area contributed by atoms with Gasteiger partial charge in [0.25, 0.3) is 0 Å². The van der Waals surface area contributed by atoms with E-state index in [1.54, 1.807) is 24.0 Å². The first-order valence-corrected chi connectivity index (χ1v) is 6.54. The van der Waals surface area contributed by atoms with Crippen molar-refractivity contribution < 1.29 is 14.3 Å². The third kappa shape index (κ3) is 2.87. The van der Waals surface area contributed by atoms with Crippen molar-refractivity contribution in [2.24, 2.45) is 5.73 Å². The Morgan fingerprint density at radius 1 is 1.53 bits per heavy atom. The summed E-state index contributed by atoms with van der Waals surface area (Å²) < 4.78 is 14.1. The van der Waals surface area contributed by atoms with Crippen LogP contribution in [0.5, 0.6) is 0 Å². The van der Waals surface area contributed by atoms with Gasteiger partial charge in [-0.2, -0.15) is 0 Å². The van der Waals surface area contributed by atoms with E-state index < -0.39 is 23.9 Å². The lowest BCUT2D eigenvalue weighted by molar-refractivity contribution is -0.119. The van der Waals surface area contributed by atoms with Crippen LogP contribution in [0.1, 0.15) is 37.9 Å². The number of hydrogen-bond acceptors (Lipinski definition) is 3. The lowest BCUT2D eigenvalue weighted by atomic mass is 10.00. The van der Waals surface area contributed by atoms with E-state index in [1.165, 1.54) is 6.07 Å². The fourth-order valence-corrected chi connectivity index (χ4v) is 2.53. The molecule has 0 aliphatic carbocycles. The van der Waals surface area contributed by atoms with Gasteiger partial charge in [0.2, 0.25) is 5.91 Å². The number of nitrogens with zero attached hydrogens (tertiary/aromatic N) is 1. The van der Waals surface area contributed by atoms with Crippen LogP contribution < -0.4 is 10.6 Å². The van der Waals surface area contributed by atoms with Crippen LogP contribution in [0.15, 0.2) is 18.2 Å². The van der Waals surface area contributed by atoms with Crippen LogP contribution in [0.4, 0.5) is 10.1 Å². The summed E-state index contributed by atoms with van der Waals surface area (Å²) in [7, 11) is 0. The Bertz CT molecular complexity index is 477. The van der Waals surface area contributed by atoms with Crippen LogP contribution in [-0.4, -0.2) is 23.6 Å². The van der Waals surface area contributed by atoms with Gasteiger partial charge in [-0.15, -0.1) is 0 Å². The standard InChI is InChI=1S/C14H19FN2O2/c1-9(18)10-5-6-12(11(15)8-10)17-7-3-2-4-13(17)14(16)19/h5-6,8-9,13,18H,2-4,7H2,1H3,(H2,16,19). The van der Waals surface area contributed by atoms with Crippen molar-refractivity contribution in [3.8, 4) is 0 Å². The Balaban J connectivity index is 2.31. The Labute approximate surface area is 112 Å². The fraction of sp³-hybridized carbons (Fsp3) is 0.500. The maximum Gasteiger partial charge on any atom is 0.240 e. The molecule has 1 aliphatic rings. The highest BCUT2D eigenvalue weighted by atomic mass is 19.1. The number of nitrogens with two attached hydrogens (primary N) is 1. The Morgan fingerprint density at radius 2 is 2.26 bits per heavy atom. The SMILES string of the molecule is CC(O)c1ccc(N2CCCCC2C(N)=O)c(F)c1. The van der Waals surface area contributed by atoms with Gasteiger partial charge in [0.15, 0.2) is 0 Å². The average Bonchev–Trinajstić information content (AvgIpc) is 2.38. The number of benzene rings is 1. The van der Waals surface area contributed by atoms with Gasteiger partial charge in [-0.3, -0.25) is 4.79 Å². The number of aliphatic hydroxyl groups is 1. The van der Waals surface area contributed by atoms with Gasteiger partial charge in [0.05, 0.1) is 11.8 Å². The summed E-state index contributed by atoms with van der Waals surface area (Å²) in [6.45, 7) is 2.21. The molecule has 1 aliphatic heterocycles. The molecule has 5 heteroatoms. The van der Waals surface area contributed by atoms with E-state index in [4.69, 9.17) is 5.73 Å². The number of piperidine rings is 1. The summed E-state index contributed by atoms with van der Waals surface area (Å²) in [5.74, 6) is -0.842. The first-order chi connectivity index (χ1) is 9.00. The molecule has 104 valence electrons. The third-order valence-corrected chi connectivity index (χ3v) is 3.59. The van der Waals surface area contributed by atoms with E-state index in [1.807, 2.05) is 0 Å². The van der Waals surface area contributed by atoms with Gasteiger partial charge >= 0.3 is 0 Å². The molecule has 0 saturated carbocycles. The zero-order chi connectivity index (χ0) is 14.0. The number of amides is 1. The van der Waals surface area contributed by atoms with E-state index in [9.17, 15) is 14.3 Å². The molecule has 0 radical (unpaired) electrons. The highest BCUT2D eigenvalue weighted by molar-refractivity contribution is 5.84. The highest BCUT2D eigenvalue weighted by Gasteiger charge is 2.28. The van der Waals surface area contributed by atoms with Gasteiger partial charge in [0, 0.05) is 6.54 Å². The number of carbonyl (C=O) groups excluding carboxylic acids is 1. The maximum atomic E-state index is 14.1. The summed E-state index contributed by atoms with van der Waals surface area (Å²) in [6.07, 6.45) is 1.79. The molecule has 1 aromatic carbocycles. The van der Waals surface area contributed by atoms with Gasteiger partial charge < -0.3 is 15.7 Å². The van der Waals surface area contributed by atoms with Crippen LogP contribution in [0.2, 0.25) is 0 Å². The average molecular weight is 266 g/mol. The summed E-state index contributed by atoms with van der Waals surface area (Å²) in [5.41, 5.74) is 6.28. The molecule has 1 heterocycles. The molecule has 0 bridgehead atoms. The second-order valence-electron chi connectivity index (χ2n) is 4.99. The van der Waals surface area contributed by atoms with E-state index >= 15 is 0 Å². The minimum absolute atomic E-state index is 0.382. The number of hydrogen-bond donors (Lipinski definition) is 2. The first kappa shape index (κ1) is 13.8. The number of anilines is 1. The van der Waals surface area contributed by atoms with Crippen LogP contribution in [0, 0.1) is 5.82 Å². The van der Waals surface area contributed by atoms with Gasteiger partial charge in [-0.25, -0.2) is 4.39 Å². The minimum atomic E-state index is -0.711. The van der Waals surface area contributed by atoms with Gasteiger partial charge in [-0.1, -0.05) is 6.07 Å². The number of primary amides is 1. The van der Waals surface area contributed by atoms with Crippen molar-refractivity contribution in [1.29, 1.82) is 0 Å². The number of carbonyl (C=O) groups is 1. The molecular formula is C14H19FN2O2. The van der Waals surface area contributed by atoms with E-state index in [0.717, 1.165) is 12.8 Å². The van der Waals surface area contributed by atoms with E-state index in [2.05, 4.69) is 0 Å². The molecule has 3 N–H and O–H groups in total. The van der Waals surface area contributed by atoms with Crippen molar-refractivity contribution in [3.63, 3.8) is 0 Å². The van der Waals surface area contributed by atoms with Crippen LogP contribution in [0.3, 0.4) is 0 Å². The maximum absolute atomic E-state index is 14.1. The molecular weight excluding hydrogens is 247 g/mol. The van der Waals surface area contributed by atoms with Gasteiger partial charge in [0.1, 0.15) is 11.9 Å². The van der Waals surface area contributed by atoms with Crippen molar-refractivity contribution in [2.75, 3.05) is 11.4 Å². The van der Waals surface area contributed by atoms with Crippen molar-refractivity contribution in [3.05, 3.63) is 29.6 Å². The summed E-state index contributed by atoms with van der Waals surface area (Å²) in [5, 5.41) is 9.44. The molecule has 1 saturated heterocycles. The molecule has 2 rings (SSSR count). The molecule has 1 fully saturated rings. The quantitative estimate of drug-likeness (QED) is 0.875. The lowest BCUT2D eigenvalue weighted by Gasteiger charge is -2.35. The second kappa shape index (κ2) is 5.57. The summed E-state index contributed by atoms with van der Waals surface area (Å²) in [4.78, 5) is 13.2. The van der Waals surface area contributed by atoms with Crippen LogP contribution in [-0.2, 0) is 4.79 Å². The molecule has 1 amide bonds. The third-order valence-electron chi connectivity index (χ3n) is 3.59. The zero-order valence-electron chi connectivity index (χ0n) is 11.0. The Hall–Kier alpha value is -1.62. The number of rotatable bonds is 3. The largest absolute Gasteiger partial charge is 0.389 e. The van der Waals surface area contributed by atoms with Crippen molar-refractivity contribution >= 4 is 11.6 Å². The van der Waals surface area contributed by atoms with E-state index in [0.29, 0.717) is 24.2 Å². The minimum Gasteiger partial charge on any atom is -0.389 e. The predicted octanol–water partition coefficient (Wildman–Crippen LogP) is 1.72. The normalized spacial score (nSPS) is 21.2. The topological polar surface area (TPSA) is 66.6 Å². The molecule has 1 aromatic rings. The van der Waals surface area contributed by atoms with Crippen molar-refractivity contribution in [1.82, 2.24) is 0 Å². The van der Waals surface area contributed by atoms with Crippen molar-refractivity contribution in [2.45, 2.75) is 38.3 Å². The Morgan fingerprint density at radius 3 is 2.84 bits per heavy atom. The number of halogens is 1. The van der Waals surface area contributed by atoms with Crippen LogP contribution >= 0.6 is 0 Å². The molecule has 2 atom stereocenters. The smallest absolute Gasteiger partial charge is 0.240 e. The number of aliphatic hydroxyl groups excluding tert-OH is 1. The zero-order valence-corrected chi connectivity index (χ0v) is 11.0. The lowest BCUT2D eigenvalue weighted by Crippen LogP contribution is -2.48. The first-order valence-electron chi connectivity index (χ1n) is 6.54. The fourth-order valence-electron chi connectivity index (χ4n) is 2.53. The monoisotopic (exact) mass is 266 g/mol. The Kier molecular flexibility index (Phi) is 4.04. The van der Waals surface area contributed by atoms with Crippen LogP contribution in [0.25, 0.3) is 0 Å². The molecule has 2 unspecified atom stereocenters.